The molecule has 5 heteroatoms. The molecule has 0 amide bonds. The number of rotatable bonds is 3. The van der Waals surface area contributed by atoms with Crippen LogP contribution < -0.4 is 5.73 Å². The Hall–Kier alpha value is -1.88. The summed E-state index contributed by atoms with van der Waals surface area (Å²) in [6.07, 6.45) is 0. The monoisotopic (exact) mass is 337 g/mol. The lowest BCUT2D eigenvalue weighted by Crippen LogP contribution is -2.09. The van der Waals surface area contributed by atoms with Crippen molar-refractivity contribution in [2.45, 2.75) is 13.5 Å². The number of anilines is 1. The third kappa shape index (κ3) is 3.17. The van der Waals surface area contributed by atoms with Crippen LogP contribution >= 0.6 is 15.9 Å². The van der Waals surface area contributed by atoms with E-state index in [9.17, 15) is 9.18 Å². The number of hydrogen-bond donors (Lipinski definition) is 1. The van der Waals surface area contributed by atoms with Crippen molar-refractivity contribution in [2.24, 2.45) is 0 Å². The van der Waals surface area contributed by atoms with E-state index in [2.05, 4.69) is 15.9 Å². The Morgan fingerprint density at radius 2 is 2.10 bits per heavy atom. The highest BCUT2D eigenvalue weighted by atomic mass is 79.9. The van der Waals surface area contributed by atoms with E-state index in [1.807, 2.05) is 0 Å². The van der Waals surface area contributed by atoms with Gasteiger partial charge in [-0.05, 0) is 42.8 Å². The van der Waals surface area contributed by atoms with Gasteiger partial charge in [0, 0.05) is 15.7 Å². The molecule has 104 valence electrons. The summed E-state index contributed by atoms with van der Waals surface area (Å²) in [6.45, 7) is 1.62. The average molecular weight is 338 g/mol. The molecule has 0 aliphatic carbocycles. The maximum Gasteiger partial charge on any atom is 0.338 e. The van der Waals surface area contributed by atoms with Gasteiger partial charge in [-0.2, -0.15) is 0 Å². The second-order valence-electron chi connectivity index (χ2n) is 4.33. The minimum atomic E-state index is -0.519. The van der Waals surface area contributed by atoms with Crippen LogP contribution in [0.1, 0.15) is 21.5 Å². The average Bonchev–Trinajstić information content (AvgIpc) is 2.42. The molecule has 2 aromatic carbocycles. The van der Waals surface area contributed by atoms with Gasteiger partial charge in [0.1, 0.15) is 12.4 Å². The van der Waals surface area contributed by atoms with Crippen molar-refractivity contribution in [3.63, 3.8) is 0 Å². The number of nitrogen functional groups attached to an aromatic ring is 1. The Balaban J connectivity index is 2.13. The molecule has 2 aromatic rings. The lowest BCUT2D eigenvalue weighted by molar-refractivity contribution is 0.0468. The minimum Gasteiger partial charge on any atom is -0.457 e. The molecule has 0 aliphatic heterocycles. The van der Waals surface area contributed by atoms with E-state index in [4.69, 9.17) is 10.5 Å². The summed E-state index contributed by atoms with van der Waals surface area (Å²) in [5.74, 6) is -0.931. The van der Waals surface area contributed by atoms with E-state index in [-0.39, 0.29) is 6.61 Å². The van der Waals surface area contributed by atoms with Gasteiger partial charge < -0.3 is 10.5 Å². The van der Waals surface area contributed by atoms with Crippen molar-refractivity contribution in [2.75, 3.05) is 5.73 Å². The lowest BCUT2D eigenvalue weighted by Gasteiger charge is -2.09. The number of benzene rings is 2. The molecular formula is C15H13BrFNO2. The molecule has 0 saturated carbocycles. The first kappa shape index (κ1) is 14.5. The molecule has 0 bridgehead atoms. The fourth-order valence-electron chi connectivity index (χ4n) is 1.75. The fourth-order valence-corrected chi connectivity index (χ4v) is 2.16. The number of carbonyl (C=O) groups is 1. The number of carbonyl (C=O) groups excluding carboxylic acids is 1. The maximum atomic E-state index is 13.5. The predicted molar refractivity (Wildman–Crippen MR) is 78.8 cm³/mol. The lowest BCUT2D eigenvalue weighted by atomic mass is 10.1. The Morgan fingerprint density at radius 1 is 1.35 bits per heavy atom. The zero-order valence-corrected chi connectivity index (χ0v) is 12.4. The van der Waals surface area contributed by atoms with Crippen LogP contribution in [0.2, 0.25) is 0 Å². The molecule has 0 unspecified atom stereocenters. The van der Waals surface area contributed by atoms with Crippen LogP contribution in [-0.4, -0.2) is 5.97 Å². The molecule has 0 fully saturated rings. The highest BCUT2D eigenvalue weighted by Gasteiger charge is 2.13. The number of ether oxygens (including phenoxy) is 1. The van der Waals surface area contributed by atoms with E-state index in [1.165, 1.54) is 6.07 Å². The molecule has 0 aliphatic rings. The third-order valence-electron chi connectivity index (χ3n) is 2.96. The molecular weight excluding hydrogens is 325 g/mol. The summed E-state index contributed by atoms with van der Waals surface area (Å²) in [7, 11) is 0. The SMILES string of the molecule is Cc1c(N)cccc1C(=O)OCc1cc(Br)ccc1F. The summed E-state index contributed by atoms with van der Waals surface area (Å²) >= 11 is 3.25. The maximum absolute atomic E-state index is 13.5. The molecule has 20 heavy (non-hydrogen) atoms. The third-order valence-corrected chi connectivity index (χ3v) is 3.46. The zero-order chi connectivity index (χ0) is 14.7. The van der Waals surface area contributed by atoms with Crippen LogP contribution in [0.3, 0.4) is 0 Å². The molecule has 0 heterocycles. The standard InChI is InChI=1S/C15H13BrFNO2/c1-9-12(3-2-4-14(9)18)15(19)20-8-10-7-11(16)5-6-13(10)17/h2-7H,8,18H2,1H3. The Bertz CT molecular complexity index is 658. The topological polar surface area (TPSA) is 52.3 Å². The van der Waals surface area contributed by atoms with Crippen molar-refractivity contribution in [3.05, 3.63) is 63.4 Å². The largest absolute Gasteiger partial charge is 0.457 e. The van der Waals surface area contributed by atoms with Gasteiger partial charge in [0.15, 0.2) is 0 Å². The molecule has 2 N–H and O–H groups in total. The van der Waals surface area contributed by atoms with Gasteiger partial charge in [-0.25, -0.2) is 9.18 Å². The number of nitrogens with two attached hydrogens (primary N) is 1. The van der Waals surface area contributed by atoms with Crippen LogP contribution in [0.15, 0.2) is 40.9 Å². The van der Waals surface area contributed by atoms with Crippen molar-refractivity contribution >= 4 is 27.6 Å². The van der Waals surface area contributed by atoms with Crippen molar-refractivity contribution in [1.29, 1.82) is 0 Å². The first-order valence-electron chi connectivity index (χ1n) is 5.95. The highest BCUT2D eigenvalue weighted by molar-refractivity contribution is 9.10. The van der Waals surface area contributed by atoms with E-state index in [0.29, 0.717) is 22.4 Å². The van der Waals surface area contributed by atoms with E-state index in [1.54, 1.807) is 37.3 Å². The molecule has 2 rings (SSSR count). The molecule has 0 atom stereocenters. The van der Waals surface area contributed by atoms with Gasteiger partial charge in [0.2, 0.25) is 0 Å². The van der Waals surface area contributed by atoms with E-state index >= 15 is 0 Å². The Labute approximate surface area is 124 Å². The highest BCUT2D eigenvalue weighted by Crippen LogP contribution is 2.19. The van der Waals surface area contributed by atoms with Gasteiger partial charge in [-0.1, -0.05) is 22.0 Å². The second-order valence-corrected chi connectivity index (χ2v) is 5.25. The van der Waals surface area contributed by atoms with Crippen molar-refractivity contribution < 1.29 is 13.9 Å². The Morgan fingerprint density at radius 3 is 2.85 bits per heavy atom. The van der Waals surface area contributed by atoms with Crippen LogP contribution in [-0.2, 0) is 11.3 Å². The summed E-state index contributed by atoms with van der Waals surface area (Å²) in [5, 5.41) is 0. The Kier molecular flexibility index (Phi) is 4.39. The molecule has 0 radical (unpaired) electrons. The summed E-state index contributed by atoms with van der Waals surface area (Å²) in [4.78, 5) is 12.0. The minimum absolute atomic E-state index is 0.127. The summed E-state index contributed by atoms with van der Waals surface area (Å²) in [6, 6.07) is 9.50. The van der Waals surface area contributed by atoms with Crippen LogP contribution in [0.5, 0.6) is 0 Å². The smallest absolute Gasteiger partial charge is 0.338 e. The summed E-state index contributed by atoms with van der Waals surface area (Å²) < 4.78 is 19.4. The van der Waals surface area contributed by atoms with Crippen LogP contribution in [0.25, 0.3) is 0 Å². The molecule has 0 saturated heterocycles. The van der Waals surface area contributed by atoms with Crippen molar-refractivity contribution in [1.82, 2.24) is 0 Å². The first-order chi connectivity index (χ1) is 9.49. The van der Waals surface area contributed by atoms with Gasteiger partial charge >= 0.3 is 5.97 Å². The quantitative estimate of drug-likeness (QED) is 0.683. The summed E-state index contributed by atoms with van der Waals surface area (Å²) in [5.41, 5.74) is 7.62. The number of halogens is 2. The first-order valence-corrected chi connectivity index (χ1v) is 6.74. The second kappa shape index (κ2) is 6.05. The number of hydrogen-bond acceptors (Lipinski definition) is 3. The van der Waals surface area contributed by atoms with E-state index in [0.717, 1.165) is 4.47 Å². The normalized spacial score (nSPS) is 10.3. The fraction of sp³-hybridized carbons (Fsp3) is 0.133. The predicted octanol–water partition coefficient (Wildman–Crippen LogP) is 3.84. The van der Waals surface area contributed by atoms with E-state index < -0.39 is 11.8 Å². The van der Waals surface area contributed by atoms with Crippen LogP contribution in [0.4, 0.5) is 10.1 Å². The molecule has 0 aromatic heterocycles. The number of esters is 1. The van der Waals surface area contributed by atoms with Gasteiger partial charge in [-0.15, -0.1) is 0 Å². The van der Waals surface area contributed by atoms with Crippen molar-refractivity contribution in [3.8, 4) is 0 Å². The van der Waals surface area contributed by atoms with Gasteiger partial charge in [0.05, 0.1) is 5.56 Å². The van der Waals surface area contributed by atoms with Gasteiger partial charge in [-0.3, -0.25) is 0 Å². The zero-order valence-electron chi connectivity index (χ0n) is 10.8. The van der Waals surface area contributed by atoms with Gasteiger partial charge in [0.25, 0.3) is 0 Å². The molecule has 3 nitrogen and oxygen atoms in total. The van der Waals surface area contributed by atoms with Crippen LogP contribution in [0, 0.1) is 12.7 Å². The molecule has 0 spiro atoms.